The molecule has 3 heterocycles. The number of esters is 3. The van der Waals surface area contributed by atoms with Gasteiger partial charge in [0.2, 0.25) is 5.28 Å². The molecule has 0 unspecified atom stereocenters. The van der Waals surface area contributed by atoms with Gasteiger partial charge >= 0.3 is 24.0 Å². The first-order valence-corrected chi connectivity index (χ1v) is 12.0. The molecule has 0 spiro atoms. The van der Waals surface area contributed by atoms with Gasteiger partial charge in [0, 0.05) is 20.8 Å². The summed E-state index contributed by atoms with van der Waals surface area (Å²) in [5.41, 5.74) is 1.00. The summed E-state index contributed by atoms with van der Waals surface area (Å²) in [6.07, 6.45) is -3.94. The number of hydrogen-bond donors (Lipinski definition) is 1. The van der Waals surface area contributed by atoms with Gasteiger partial charge in [0.15, 0.2) is 35.4 Å². The van der Waals surface area contributed by atoms with Gasteiger partial charge in [-0.2, -0.15) is 9.97 Å². The average molecular weight is 562 g/mol. The van der Waals surface area contributed by atoms with Crippen molar-refractivity contribution in [3.05, 3.63) is 47.5 Å². The summed E-state index contributed by atoms with van der Waals surface area (Å²) < 4.78 is 28.5. The summed E-state index contributed by atoms with van der Waals surface area (Å²) in [7, 11) is 0. The number of amides is 1. The minimum atomic E-state index is -1.18. The number of nitrogens with one attached hydrogen (secondary N) is 1. The number of halogens is 1. The summed E-state index contributed by atoms with van der Waals surface area (Å²) in [4.78, 5) is 60.1. The lowest BCUT2D eigenvalue weighted by Crippen LogP contribution is -2.40. The van der Waals surface area contributed by atoms with Crippen LogP contribution in [0, 0.1) is 0 Å². The number of imidazole rings is 1. The Bertz CT molecular complexity index is 1380. The lowest BCUT2D eigenvalue weighted by Gasteiger charge is -2.23. The van der Waals surface area contributed by atoms with E-state index in [1.165, 1.54) is 31.7 Å². The van der Waals surface area contributed by atoms with E-state index in [1.807, 2.05) is 18.2 Å². The highest BCUT2D eigenvalue weighted by molar-refractivity contribution is 6.28. The van der Waals surface area contributed by atoms with Crippen molar-refractivity contribution in [3.63, 3.8) is 0 Å². The molecule has 14 nitrogen and oxygen atoms in total. The second-order valence-electron chi connectivity index (χ2n) is 8.37. The summed E-state index contributed by atoms with van der Waals surface area (Å²) in [5, 5.41) is 2.26. The molecular weight excluding hydrogens is 538 g/mol. The van der Waals surface area contributed by atoms with Crippen molar-refractivity contribution in [1.29, 1.82) is 0 Å². The number of aromatic nitrogens is 4. The van der Waals surface area contributed by atoms with Crippen LogP contribution in [0.1, 0.15) is 32.6 Å². The highest BCUT2D eigenvalue weighted by Crippen LogP contribution is 2.36. The third-order valence-corrected chi connectivity index (χ3v) is 5.61. The number of fused-ring (bicyclic) bond motifs is 1. The fourth-order valence-corrected chi connectivity index (χ4v) is 4.10. The molecule has 3 aromatic rings. The Hall–Kier alpha value is -4.30. The van der Waals surface area contributed by atoms with Crippen LogP contribution >= 0.6 is 11.6 Å². The van der Waals surface area contributed by atoms with E-state index in [9.17, 15) is 19.2 Å². The van der Waals surface area contributed by atoms with Crippen molar-refractivity contribution in [2.24, 2.45) is 0 Å². The van der Waals surface area contributed by atoms with Gasteiger partial charge in [0.05, 0.1) is 6.33 Å². The van der Waals surface area contributed by atoms with Crippen molar-refractivity contribution in [2.75, 3.05) is 11.9 Å². The predicted molar refractivity (Wildman–Crippen MR) is 132 cm³/mol. The summed E-state index contributed by atoms with van der Waals surface area (Å²) in [5.74, 6) is -1.98. The molecule has 206 valence electrons. The van der Waals surface area contributed by atoms with Crippen LogP contribution < -0.4 is 5.32 Å². The molecule has 1 saturated heterocycles. The predicted octanol–water partition coefficient (Wildman–Crippen LogP) is 2.55. The zero-order chi connectivity index (χ0) is 28.1. The lowest BCUT2D eigenvalue weighted by molar-refractivity contribution is -0.166. The van der Waals surface area contributed by atoms with Gasteiger partial charge in [0.1, 0.15) is 19.3 Å². The number of hydrogen-bond acceptors (Lipinski definition) is 12. The Balaban J connectivity index is 1.63. The van der Waals surface area contributed by atoms with Crippen LogP contribution in [0.2, 0.25) is 5.28 Å². The first-order valence-electron chi connectivity index (χ1n) is 11.6. The number of ether oxygens (including phenoxy) is 5. The number of benzene rings is 1. The molecule has 0 aliphatic carbocycles. The standard InChI is InChI=1S/C24H24ClN5O9/c1-12(31)35-10-16-18(37-13(2)32)19(38-14(3)33)22(39-16)30-11-26-17-20(27-23(25)29-21(17)30)28-24(34)36-9-15-7-5-4-6-8-15/h4-8,11,16,18-19,22H,9-10H2,1-3H3,(H,27,28,29,34)/t16-,18-,19-,22-/m1/s1. The fourth-order valence-electron chi connectivity index (χ4n) is 3.94. The maximum Gasteiger partial charge on any atom is 0.413 e. The van der Waals surface area contributed by atoms with E-state index in [1.54, 1.807) is 12.1 Å². The van der Waals surface area contributed by atoms with Gasteiger partial charge in [-0.15, -0.1) is 0 Å². The molecule has 15 heteroatoms. The van der Waals surface area contributed by atoms with E-state index in [-0.39, 0.29) is 35.5 Å². The zero-order valence-corrected chi connectivity index (χ0v) is 21.8. The molecule has 0 radical (unpaired) electrons. The minimum absolute atomic E-state index is 0.0182. The first-order chi connectivity index (χ1) is 18.6. The summed E-state index contributed by atoms with van der Waals surface area (Å²) in [6, 6.07) is 9.07. The van der Waals surface area contributed by atoms with Gasteiger partial charge in [-0.05, 0) is 17.2 Å². The van der Waals surface area contributed by atoms with Crippen molar-refractivity contribution in [1.82, 2.24) is 19.5 Å². The maximum absolute atomic E-state index is 12.4. The Labute approximate surface area is 226 Å². The van der Waals surface area contributed by atoms with Crippen LogP contribution in [0.3, 0.4) is 0 Å². The highest BCUT2D eigenvalue weighted by atomic mass is 35.5. The van der Waals surface area contributed by atoms with Crippen molar-refractivity contribution in [2.45, 2.75) is 51.9 Å². The average Bonchev–Trinajstić information content (AvgIpc) is 3.43. The van der Waals surface area contributed by atoms with E-state index >= 15 is 0 Å². The number of carbonyl (C=O) groups is 4. The smallest absolute Gasteiger partial charge is 0.413 e. The highest BCUT2D eigenvalue weighted by Gasteiger charge is 2.51. The van der Waals surface area contributed by atoms with Gasteiger partial charge in [0.25, 0.3) is 0 Å². The number of nitrogens with zero attached hydrogens (tertiary/aromatic N) is 4. The summed E-state index contributed by atoms with van der Waals surface area (Å²) >= 11 is 6.14. The molecule has 0 saturated carbocycles. The number of rotatable bonds is 8. The molecule has 2 aromatic heterocycles. The third-order valence-electron chi connectivity index (χ3n) is 5.44. The molecule has 0 bridgehead atoms. The minimum Gasteiger partial charge on any atom is -0.463 e. The monoisotopic (exact) mass is 561 g/mol. The van der Waals surface area contributed by atoms with E-state index in [2.05, 4.69) is 20.3 Å². The SMILES string of the molecule is CC(=O)OC[C@H]1O[C@@H](n2cnc3c(NC(=O)OCc4ccccc4)nc(Cl)nc32)[C@H](OC(C)=O)[C@@H]1OC(C)=O. The topological polar surface area (TPSA) is 170 Å². The van der Waals surface area contributed by atoms with Crippen LogP contribution in [-0.4, -0.2) is 68.4 Å². The van der Waals surface area contributed by atoms with Gasteiger partial charge in [-0.1, -0.05) is 30.3 Å². The van der Waals surface area contributed by atoms with Crippen LogP contribution in [-0.2, 0) is 44.7 Å². The first kappa shape index (κ1) is 27.7. The molecule has 1 aromatic carbocycles. The molecule has 4 rings (SSSR count). The van der Waals surface area contributed by atoms with Crippen LogP contribution in [0.15, 0.2) is 36.7 Å². The van der Waals surface area contributed by atoms with Crippen molar-refractivity contribution >= 4 is 52.6 Å². The van der Waals surface area contributed by atoms with Crippen LogP contribution in [0.4, 0.5) is 10.6 Å². The lowest BCUT2D eigenvalue weighted by atomic mass is 10.1. The molecule has 39 heavy (non-hydrogen) atoms. The normalized spacial score (nSPS) is 20.3. The fraction of sp³-hybridized carbons (Fsp3) is 0.375. The Morgan fingerprint density at radius 2 is 1.67 bits per heavy atom. The van der Waals surface area contributed by atoms with E-state index < -0.39 is 48.5 Å². The number of carbonyl (C=O) groups excluding carboxylic acids is 4. The Kier molecular flexibility index (Phi) is 8.56. The molecular formula is C24H24ClN5O9. The third kappa shape index (κ3) is 6.78. The van der Waals surface area contributed by atoms with E-state index in [4.69, 9.17) is 35.3 Å². The van der Waals surface area contributed by atoms with Crippen molar-refractivity contribution in [3.8, 4) is 0 Å². The van der Waals surface area contributed by atoms with Gasteiger partial charge in [-0.3, -0.25) is 24.3 Å². The van der Waals surface area contributed by atoms with Crippen molar-refractivity contribution < 1.29 is 42.9 Å². The molecule has 4 atom stereocenters. The molecule has 1 fully saturated rings. The zero-order valence-electron chi connectivity index (χ0n) is 21.0. The van der Waals surface area contributed by atoms with Crippen LogP contribution in [0.25, 0.3) is 11.2 Å². The van der Waals surface area contributed by atoms with Gasteiger partial charge < -0.3 is 23.7 Å². The maximum atomic E-state index is 12.4. The quantitative estimate of drug-likeness (QED) is 0.242. The van der Waals surface area contributed by atoms with E-state index in [0.717, 1.165) is 5.56 Å². The van der Waals surface area contributed by atoms with Gasteiger partial charge in [-0.25, -0.2) is 9.78 Å². The second kappa shape index (κ2) is 12.0. The molecule has 1 aliphatic rings. The Morgan fingerprint density at radius 3 is 2.33 bits per heavy atom. The Morgan fingerprint density at radius 1 is 0.974 bits per heavy atom. The molecule has 1 N–H and O–H groups in total. The van der Waals surface area contributed by atoms with Crippen LogP contribution in [0.5, 0.6) is 0 Å². The molecule has 1 amide bonds. The largest absolute Gasteiger partial charge is 0.463 e. The molecule has 1 aliphatic heterocycles. The summed E-state index contributed by atoms with van der Waals surface area (Å²) in [6.45, 7) is 3.29. The van der Waals surface area contributed by atoms with E-state index in [0.29, 0.717) is 0 Å². The second-order valence-corrected chi connectivity index (χ2v) is 8.71. The number of anilines is 1.